The average molecular weight is 348 g/mol. The van der Waals surface area contributed by atoms with Crippen molar-refractivity contribution in [2.45, 2.75) is 13.8 Å². The molecule has 1 amide bonds. The summed E-state index contributed by atoms with van der Waals surface area (Å²) in [6.45, 7) is 11.5. The number of piperazine rings is 1. The molecule has 1 aromatic heterocycles. The molecule has 2 fully saturated rings. The first-order valence-electron chi connectivity index (χ1n) is 9.08. The second kappa shape index (κ2) is 8.44. The maximum absolute atomic E-state index is 12.4. The molecule has 0 radical (unpaired) electrons. The van der Waals surface area contributed by atoms with Crippen LogP contribution in [0.25, 0.3) is 0 Å². The van der Waals surface area contributed by atoms with Crippen molar-refractivity contribution in [1.82, 2.24) is 19.8 Å². The summed E-state index contributed by atoms with van der Waals surface area (Å²) < 4.78 is 5.31. The lowest BCUT2D eigenvalue weighted by molar-refractivity contribution is -0.136. The van der Waals surface area contributed by atoms with E-state index >= 15 is 0 Å². The number of hydrogen-bond acceptors (Lipinski definition) is 7. The third-order valence-corrected chi connectivity index (χ3v) is 4.58. The Balaban J connectivity index is 1.52. The lowest BCUT2D eigenvalue weighted by Gasteiger charge is -2.36. The Morgan fingerprint density at radius 2 is 1.88 bits per heavy atom. The number of carbonyl (C=O) groups is 1. The molecule has 0 saturated carbocycles. The average Bonchev–Trinajstić information content (AvgIpc) is 2.63. The summed E-state index contributed by atoms with van der Waals surface area (Å²) in [6.07, 6.45) is 0. The third-order valence-electron chi connectivity index (χ3n) is 4.58. The van der Waals surface area contributed by atoms with E-state index in [1.807, 2.05) is 17.9 Å². The van der Waals surface area contributed by atoms with Gasteiger partial charge in [-0.2, -0.15) is 4.98 Å². The van der Waals surface area contributed by atoms with Crippen LogP contribution in [0.5, 0.6) is 0 Å². The number of nitrogens with zero attached hydrogens (tertiary/aromatic N) is 5. The standard InChI is InChI=1S/C17H28N6O2/c1-3-18-15-12-14(2)19-17(20-15)23-6-4-21(5-7-23)13-16(24)22-8-10-25-11-9-22/h12H,3-11,13H2,1-2H3,(H,18,19,20). The number of rotatable bonds is 5. The monoisotopic (exact) mass is 348 g/mol. The predicted octanol–water partition coefficient (Wildman–Crippen LogP) is 0.198. The van der Waals surface area contributed by atoms with E-state index in [0.717, 1.165) is 50.2 Å². The van der Waals surface area contributed by atoms with E-state index in [1.54, 1.807) is 0 Å². The molecule has 0 bridgehead atoms. The van der Waals surface area contributed by atoms with Crippen LogP contribution in [0, 0.1) is 6.92 Å². The molecule has 8 heteroatoms. The summed E-state index contributed by atoms with van der Waals surface area (Å²) in [5.41, 5.74) is 0.964. The van der Waals surface area contributed by atoms with Gasteiger partial charge >= 0.3 is 0 Å². The summed E-state index contributed by atoms with van der Waals surface area (Å²) in [5, 5.41) is 3.25. The molecule has 2 aliphatic rings. The van der Waals surface area contributed by atoms with E-state index in [9.17, 15) is 4.79 Å². The van der Waals surface area contributed by atoms with Crippen LogP contribution in [0.3, 0.4) is 0 Å². The molecule has 1 N–H and O–H groups in total. The second-order valence-corrected chi connectivity index (χ2v) is 6.48. The van der Waals surface area contributed by atoms with Gasteiger partial charge in [-0.15, -0.1) is 0 Å². The fourth-order valence-corrected chi connectivity index (χ4v) is 3.18. The van der Waals surface area contributed by atoms with Gasteiger partial charge < -0.3 is 19.9 Å². The maximum Gasteiger partial charge on any atom is 0.236 e. The van der Waals surface area contributed by atoms with Crippen molar-refractivity contribution in [2.24, 2.45) is 0 Å². The number of aromatic nitrogens is 2. The van der Waals surface area contributed by atoms with Gasteiger partial charge in [0.25, 0.3) is 0 Å². The number of hydrogen-bond donors (Lipinski definition) is 1. The predicted molar refractivity (Wildman–Crippen MR) is 97.0 cm³/mol. The zero-order valence-electron chi connectivity index (χ0n) is 15.2. The van der Waals surface area contributed by atoms with E-state index in [-0.39, 0.29) is 5.91 Å². The maximum atomic E-state index is 12.4. The quantitative estimate of drug-likeness (QED) is 0.815. The van der Waals surface area contributed by atoms with Gasteiger partial charge in [0.15, 0.2) is 0 Å². The van der Waals surface area contributed by atoms with E-state index in [1.165, 1.54) is 0 Å². The normalized spacial score (nSPS) is 19.1. The lowest BCUT2D eigenvalue weighted by atomic mass is 10.3. The van der Waals surface area contributed by atoms with Crippen molar-refractivity contribution in [2.75, 3.05) is 75.8 Å². The van der Waals surface area contributed by atoms with Gasteiger partial charge in [-0.3, -0.25) is 9.69 Å². The molecule has 0 spiro atoms. The van der Waals surface area contributed by atoms with Crippen molar-refractivity contribution in [1.29, 1.82) is 0 Å². The highest BCUT2D eigenvalue weighted by atomic mass is 16.5. The number of amides is 1. The SMILES string of the molecule is CCNc1cc(C)nc(N2CCN(CC(=O)N3CCOCC3)CC2)n1. The summed E-state index contributed by atoms with van der Waals surface area (Å²) in [5.74, 6) is 1.85. The molecule has 3 heterocycles. The Labute approximate surface area is 149 Å². The highest BCUT2D eigenvalue weighted by Crippen LogP contribution is 2.15. The van der Waals surface area contributed by atoms with Crippen LogP contribution in [0.1, 0.15) is 12.6 Å². The Morgan fingerprint density at radius 3 is 2.56 bits per heavy atom. The first kappa shape index (κ1) is 17.9. The Hall–Kier alpha value is -1.93. The van der Waals surface area contributed by atoms with Gasteiger partial charge in [0.05, 0.1) is 19.8 Å². The number of anilines is 2. The van der Waals surface area contributed by atoms with Crippen LogP contribution in [-0.2, 0) is 9.53 Å². The van der Waals surface area contributed by atoms with Crippen molar-refractivity contribution >= 4 is 17.7 Å². The number of ether oxygens (including phenoxy) is 1. The van der Waals surface area contributed by atoms with Crippen LogP contribution in [0.15, 0.2) is 6.07 Å². The van der Waals surface area contributed by atoms with Crippen molar-refractivity contribution in [3.63, 3.8) is 0 Å². The molecule has 138 valence electrons. The summed E-state index contributed by atoms with van der Waals surface area (Å²) in [4.78, 5) is 27.9. The van der Waals surface area contributed by atoms with E-state index in [0.29, 0.717) is 32.8 Å². The van der Waals surface area contributed by atoms with Gasteiger partial charge in [0.2, 0.25) is 11.9 Å². The van der Waals surface area contributed by atoms with E-state index in [2.05, 4.69) is 32.0 Å². The largest absolute Gasteiger partial charge is 0.378 e. The molecule has 1 aromatic rings. The summed E-state index contributed by atoms with van der Waals surface area (Å²) in [7, 11) is 0. The van der Waals surface area contributed by atoms with Crippen molar-refractivity contribution < 1.29 is 9.53 Å². The molecule has 3 rings (SSSR count). The number of aryl methyl sites for hydroxylation is 1. The van der Waals surface area contributed by atoms with Crippen LogP contribution >= 0.6 is 0 Å². The minimum absolute atomic E-state index is 0.206. The zero-order chi connectivity index (χ0) is 17.6. The first-order chi connectivity index (χ1) is 12.2. The highest BCUT2D eigenvalue weighted by molar-refractivity contribution is 5.78. The second-order valence-electron chi connectivity index (χ2n) is 6.48. The Kier molecular flexibility index (Phi) is 6.04. The number of morpholine rings is 1. The van der Waals surface area contributed by atoms with Gasteiger partial charge in [-0.25, -0.2) is 4.98 Å². The Morgan fingerprint density at radius 1 is 1.16 bits per heavy atom. The molecule has 25 heavy (non-hydrogen) atoms. The van der Waals surface area contributed by atoms with Gasteiger partial charge in [0.1, 0.15) is 5.82 Å². The van der Waals surface area contributed by atoms with Crippen LogP contribution < -0.4 is 10.2 Å². The van der Waals surface area contributed by atoms with Crippen LogP contribution in [0.4, 0.5) is 11.8 Å². The smallest absolute Gasteiger partial charge is 0.236 e. The van der Waals surface area contributed by atoms with Crippen molar-refractivity contribution in [3.05, 3.63) is 11.8 Å². The fraction of sp³-hybridized carbons (Fsp3) is 0.706. The lowest BCUT2D eigenvalue weighted by Crippen LogP contribution is -2.52. The van der Waals surface area contributed by atoms with Crippen molar-refractivity contribution in [3.8, 4) is 0 Å². The van der Waals surface area contributed by atoms with Gasteiger partial charge in [-0.1, -0.05) is 0 Å². The van der Waals surface area contributed by atoms with Gasteiger partial charge in [0, 0.05) is 57.6 Å². The van der Waals surface area contributed by atoms with Gasteiger partial charge in [-0.05, 0) is 13.8 Å². The fourth-order valence-electron chi connectivity index (χ4n) is 3.18. The molecule has 2 saturated heterocycles. The molecular weight excluding hydrogens is 320 g/mol. The molecule has 0 aromatic carbocycles. The Bertz CT molecular complexity index is 583. The molecule has 0 atom stereocenters. The molecule has 0 unspecified atom stereocenters. The summed E-state index contributed by atoms with van der Waals surface area (Å²) >= 11 is 0. The topological polar surface area (TPSA) is 73.8 Å². The molecular formula is C17H28N6O2. The first-order valence-corrected chi connectivity index (χ1v) is 9.08. The van der Waals surface area contributed by atoms with Crippen LogP contribution in [-0.4, -0.2) is 91.2 Å². The highest BCUT2D eigenvalue weighted by Gasteiger charge is 2.24. The van der Waals surface area contributed by atoms with E-state index in [4.69, 9.17) is 4.74 Å². The molecule has 2 aliphatic heterocycles. The third kappa shape index (κ3) is 4.79. The summed E-state index contributed by atoms with van der Waals surface area (Å²) in [6, 6.07) is 1.96. The molecule has 8 nitrogen and oxygen atoms in total. The van der Waals surface area contributed by atoms with E-state index < -0.39 is 0 Å². The minimum Gasteiger partial charge on any atom is -0.378 e. The number of nitrogens with one attached hydrogen (secondary N) is 1. The minimum atomic E-state index is 0.206. The number of carbonyl (C=O) groups excluding carboxylic acids is 1. The zero-order valence-corrected chi connectivity index (χ0v) is 15.2. The molecule has 0 aliphatic carbocycles. The van der Waals surface area contributed by atoms with Crippen LogP contribution in [0.2, 0.25) is 0 Å².